The van der Waals surface area contributed by atoms with Gasteiger partial charge in [-0.1, -0.05) is 0 Å². The minimum atomic E-state index is -4.38. The molecule has 1 rings (SSSR count). The van der Waals surface area contributed by atoms with Crippen LogP contribution in [0.1, 0.15) is 0 Å². The highest BCUT2D eigenvalue weighted by molar-refractivity contribution is 8.00. The van der Waals surface area contributed by atoms with Gasteiger partial charge in [-0.2, -0.15) is 18.3 Å². The molecule has 0 aliphatic carbocycles. The number of nitrogens with zero attached hydrogens (tertiary/aromatic N) is 1. The molecular weight excluding hydrogens is 219 g/mol. The second-order valence-electron chi connectivity index (χ2n) is 2.27. The molecule has 0 fully saturated rings. The fourth-order valence-electron chi connectivity index (χ4n) is 0.664. The Labute approximate surface area is 81.3 Å². The lowest BCUT2D eigenvalue weighted by molar-refractivity contribution is -0.114. The van der Waals surface area contributed by atoms with Gasteiger partial charge in [0.05, 0.1) is 17.6 Å². The third kappa shape index (κ3) is 4.17. The number of rotatable bonds is 3. The lowest BCUT2D eigenvalue weighted by atomic mass is 10.5. The van der Waals surface area contributed by atoms with Gasteiger partial charge in [-0.3, -0.25) is 9.89 Å². The van der Waals surface area contributed by atoms with E-state index in [4.69, 9.17) is 0 Å². The van der Waals surface area contributed by atoms with Crippen molar-refractivity contribution in [3.05, 3.63) is 12.4 Å². The Morgan fingerprint density at radius 1 is 1.64 bits per heavy atom. The number of aromatic amines is 1. The van der Waals surface area contributed by atoms with Crippen LogP contribution in [0.4, 0.5) is 18.9 Å². The molecule has 2 N–H and O–H groups in total. The molecule has 0 saturated carbocycles. The standard InChI is InChI=1S/C6H6F3N3OS/c7-6(8,9)14-3-5(13)12-4-1-10-11-2-4/h1-2H,3H2,(H,10,11)(H,12,13). The molecule has 0 aromatic carbocycles. The molecule has 0 unspecified atom stereocenters. The zero-order chi connectivity index (χ0) is 10.6. The van der Waals surface area contributed by atoms with Crippen LogP contribution in [0.3, 0.4) is 0 Å². The Hall–Kier alpha value is -1.18. The minimum absolute atomic E-state index is 0.345. The van der Waals surface area contributed by atoms with E-state index in [-0.39, 0.29) is 11.8 Å². The van der Waals surface area contributed by atoms with E-state index in [1.807, 2.05) is 0 Å². The molecule has 0 radical (unpaired) electrons. The Bertz CT molecular complexity index is 298. The average Bonchev–Trinajstić information content (AvgIpc) is 2.52. The van der Waals surface area contributed by atoms with Crippen LogP contribution in [0.15, 0.2) is 12.4 Å². The number of nitrogens with one attached hydrogen (secondary N) is 2. The zero-order valence-corrected chi connectivity index (χ0v) is 7.58. The highest BCUT2D eigenvalue weighted by Crippen LogP contribution is 2.29. The first-order valence-corrected chi connectivity index (χ1v) is 4.45. The predicted octanol–water partition coefficient (Wildman–Crippen LogP) is 1.60. The fourth-order valence-corrected chi connectivity index (χ4v) is 1.03. The number of hydrogen-bond donors (Lipinski definition) is 2. The number of carbonyl (C=O) groups excluding carboxylic acids is 1. The summed E-state index contributed by atoms with van der Waals surface area (Å²) in [6, 6.07) is 0. The van der Waals surface area contributed by atoms with Crippen molar-refractivity contribution in [3.63, 3.8) is 0 Å². The van der Waals surface area contributed by atoms with Crippen molar-refractivity contribution >= 4 is 23.4 Å². The highest BCUT2D eigenvalue weighted by Gasteiger charge is 2.29. The van der Waals surface area contributed by atoms with E-state index in [0.717, 1.165) is 0 Å². The van der Waals surface area contributed by atoms with Crippen LogP contribution < -0.4 is 5.32 Å². The van der Waals surface area contributed by atoms with E-state index in [1.165, 1.54) is 12.4 Å². The molecule has 1 aromatic heterocycles. The number of aromatic nitrogens is 2. The lowest BCUT2D eigenvalue weighted by Gasteiger charge is -2.04. The summed E-state index contributed by atoms with van der Waals surface area (Å²) in [6.45, 7) is 0. The minimum Gasteiger partial charge on any atom is -0.323 e. The van der Waals surface area contributed by atoms with Gasteiger partial charge in [-0.05, 0) is 11.8 Å². The van der Waals surface area contributed by atoms with Crippen molar-refractivity contribution in [1.82, 2.24) is 10.2 Å². The third-order valence-corrected chi connectivity index (χ3v) is 1.88. The molecule has 4 nitrogen and oxygen atoms in total. The van der Waals surface area contributed by atoms with Crippen molar-refractivity contribution < 1.29 is 18.0 Å². The van der Waals surface area contributed by atoms with Crippen LogP contribution in [0.25, 0.3) is 0 Å². The van der Waals surface area contributed by atoms with E-state index < -0.39 is 17.2 Å². The molecule has 8 heteroatoms. The number of H-pyrrole nitrogens is 1. The summed E-state index contributed by atoms with van der Waals surface area (Å²) >= 11 is -0.379. The number of amides is 1. The maximum absolute atomic E-state index is 11.7. The molecule has 0 bridgehead atoms. The van der Waals surface area contributed by atoms with E-state index in [0.29, 0.717) is 5.69 Å². The Kier molecular flexibility index (Phi) is 3.39. The van der Waals surface area contributed by atoms with Crippen LogP contribution in [-0.4, -0.2) is 27.4 Å². The van der Waals surface area contributed by atoms with E-state index >= 15 is 0 Å². The molecule has 0 saturated heterocycles. The summed E-state index contributed by atoms with van der Waals surface area (Å²) < 4.78 is 35.0. The maximum atomic E-state index is 11.7. The molecule has 0 spiro atoms. The lowest BCUT2D eigenvalue weighted by Crippen LogP contribution is -2.16. The fraction of sp³-hybridized carbons (Fsp3) is 0.333. The molecule has 1 aromatic rings. The maximum Gasteiger partial charge on any atom is 0.442 e. The predicted molar refractivity (Wildman–Crippen MR) is 45.7 cm³/mol. The molecule has 14 heavy (non-hydrogen) atoms. The molecule has 1 heterocycles. The number of halogens is 3. The first kappa shape index (κ1) is 10.9. The summed E-state index contributed by atoms with van der Waals surface area (Å²) in [5.41, 5.74) is -4.04. The number of thioether (sulfide) groups is 1. The second-order valence-corrected chi connectivity index (χ2v) is 3.31. The van der Waals surface area contributed by atoms with Gasteiger partial charge < -0.3 is 5.32 Å². The molecule has 0 aliphatic rings. The monoisotopic (exact) mass is 225 g/mol. The topological polar surface area (TPSA) is 57.8 Å². The van der Waals surface area contributed by atoms with Gasteiger partial charge in [0.15, 0.2) is 0 Å². The van der Waals surface area contributed by atoms with Crippen LogP contribution >= 0.6 is 11.8 Å². The summed E-state index contributed by atoms with van der Waals surface area (Å²) in [7, 11) is 0. The van der Waals surface area contributed by atoms with E-state index in [9.17, 15) is 18.0 Å². The van der Waals surface area contributed by atoms with Gasteiger partial charge in [-0.25, -0.2) is 0 Å². The molecule has 78 valence electrons. The Balaban J connectivity index is 2.30. The van der Waals surface area contributed by atoms with Crippen molar-refractivity contribution in [2.75, 3.05) is 11.1 Å². The molecular formula is C6H6F3N3OS. The van der Waals surface area contributed by atoms with E-state index in [2.05, 4.69) is 15.5 Å². The number of alkyl halides is 3. The quantitative estimate of drug-likeness (QED) is 0.821. The Morgan fingerprint density at radius 2 is 2.36 bits per heavy atom. The smallest absolute Gasteiger partial charge is 0.323 e. The number of hydrogen-bond acceptors (Lipinski definition) is 3. The van der Waals surface area contributed by atoms with Crippen molar-refractivity contribution in [2.24, 2.45) is 0 Å². The number of anilines is 1. The highest BCUT2D eigenvalue weighted by atomic mass is 32.2. The Morgan fingerprint density at radius 3 is 2.86 bits per heavy atom. The summed E-state index contributed by atoms with van der Waals surface area (Å²) in [6.07, 6.45) is 2.67. The largest absolute Gasteiger partial charge is 0.442 e. The summed E-state index contributed by atoms with van der Waals surface area (Å²) in [5.74, 6) is -1.37. The van der Waals surface area contributed by atoms with Gasteiger partial charge >= 0.3 is 5.51 Å². The second kappa shape index (κ2) is 4.36. The molecule has 0 aliphatic heterocycles. The first-order chi connectivity index (χ1) is 6.47. The van der Waals surface area contributed by atoms with Gasteiger partial charge in [0.25, 0.3) is 0 Å². The summed E-state index contributed by atoms with van der Waals surface area (Å²) in [4.78, 5) is 10.9. The summed E-state index contributed by atoms with van der Waals surface area (Å²) in [5, 5.41) is 8.17. The van der Waals surface area contributed by atoms with Gasteiger partial charge in [0.2, 0.25) is 5.91 Å². The SMILES string of the molecule is O=C(CSC(F)(F)F)Nc1cn[nH]c1. The van der Waals surface area contributed by atoms with Crippen LogP contribution in [0, 0.1) is 0 Å². The van der Waals surface area contributed by atoms with Crippen LogP contribution in [-0.2, 0) is 4.79 Å². The van der Waals surface area contributed by atoms with Crippen molar-refractivity contribution in [2.45, 2.75) is 5.51 Å². The molecule has 0 atom stereocenters. The zero-order valence-electron chi connectivity index (χ0n) is 6.76. The van der Waals surface area contributed by atoms with Gasteiger partial charge in [-0.15, -0.1) is 0 Å². The number of carbonyl (C=O) groups is 1. The average molecular weight is 225 g/mol. The first-order valence-electron chi connectivity index (χ1n) is 3.47. The van der Waals surface area contributed by atoms with Gasteiger partial charge in [0.1, 0.15) is 0 Å². The molecule has 1 amide bonds. The van der Waals surface area contributed by atoms with Crippen LogP contribution in [0.5, 0.6) is 0 Å². The third-order valence-electron chi connectivity index (χ3n) is 1.15. The van der Waals surface area contributed by atoms with Gasteiger partial charge in [0, 0.05) is 6.20 Å². The van der Waals surface area contributed by atoms with E-state index in [1.54, 1.807) is 0 Å². The van der Waals surface area contributed by atoms with Crippen molar-refractivity contribution in [3.8, 4) is 0 Å². The van der Waals surface area contributed by atoms with Crippen LogP contribution in [0.2, 0.25) is 0 Å². The van der Waals surface area contributed by atoms with Crippen molar-refractivity contribution in [1.29, 1.82) is 0 Å². The normalized spacial score (nSPS) is 11.4.